The van der Waals surface area contributed by atoms with E-state index >= 15 is 0 Å². The zero-order valence-corrected chi connectivity index (χ0v) is 20.7. The first-order chi connectivity index (χ1) is 14.5. The number of guanidine groups is 1. The topological polar surface area (TPSA) is 67.4 Å². The van der Waals surface area contributed by atoms with Gasteiger partial charge in [-0.3, -0.25) is 0 Å². The summed E-state index contributed by atoms with van der Waals surface area (Å²) in [6.45, 7) is 7.51. The van der Waals surface area contributed by atoms with Crippen molar-refractivity contribution >= 4 is 29.9 Å². The Kier molecular flexibility index (Phi) is 10.3. The minimum Gasteiger partial charge on any atom is -0.454 e. The molecule has 3 rings (SSSR count). The van der Waals surface area contributed by atoms with Crippen molar-refractivity contribution in [3.8, 4) is 17.2 Å². The van der Waals surface area contributed by atoms with Crippen molar-refractivity contribution in [2.24, 2.45) is 10.9 Å². The zero-order chi connectivity index (χ0) is 21.5. The number of nitrogens with zero attached hydrogens (tertiary/aromatic N) is 2. The Balaban J connectivity index is 0.00000341. The van der Waals surface area contributed by atoms with E-state index in [1.54, 1.807) is 6.07 Å². The second kappa shape index (κ2) is 12.5. The normalized spacial score (nSPS) is 18.8. The first kappa shape index (κ1) is 25.7. The molecule has 31 heavy (non-hydrogen) atoms. The van der Waals surface area contributed by atoms with Crippen LogP contribution < -0.4 is 24.8 Å². The highest BCUT2D eigenvalue weighted by Gasteiger charge is 2.22. The Bertz CT molecular complexity index is 737. The van der Waals surface area contributed by atoms with E-state index in [9.17, 15) is 8.78 Å². The molecule has 1 unspecified atom stereocenters. The number of alkyl halides is 2. The van der Waals surface area contributed by atoms with Crippen molar-refractivity contribution in [3.05, 3.63) is 17.7 Å². The van der Waals surface area contributed by atoms with E-state index in [1.165, 1.54) is 18.9 Å². The number of benzene rings is 1. The van der Waals surface area contributed by atoms with Gasteiger partial charge < -0.3 is 29.7 Å². The van der Waals surface area contributed by atoms with Crippen LogP contribution in [0.1, 0.15) is 39.2 Å². The van der Waals surface area contributed by atoms with Crippen LogP contribution in [0, 0.1) is 5.92 Å². The molecule has 0 bridgehead atoms. The molecule has 2 aliphatic rings. The molecule has 1 aromatic carbocycles. The number of hydrogen-bond donors (Lipinski definition) is 2. The van der Waals surface area contributed by atoms with Crippen molar-refractivity contribution < 1.29 is 23.0 Å². The summed E-state index contributed by atoms with van der Waals surface area (Å²) in [6, 6.07) is 3.63. The van der Waals surface area contributed by atoms with E-state index in [4.69, 9.17) is 9.47 Å². The standard InChI is InChI=1S/C21H32F2N4O3.HI/c1-4-24-21(25-10-15-6-5-7-27(12-15)14(2)3)26-11-16-8-18-19(29-13-28-18)9-17(16)30-20(22)23;/h8-9,14-15,20H,4-7,10-13H2,1-3H3,(H2,24,25,26);1H. The first-order valence-corrected chi connectivity index (χ1v) is 10.6. The van der Waals surface area contributed by atoms with E-state index < -0.39 is 6.61 Å². The molecule has 2 heterocycles. The molecule has 1 fully saturated rings. The van der Waals surface area contributed by atoms with Crippen molar-refractivity contribution in [2.75, 3.05) is 33.0 Å². The molecule has 176 valence electrons. The highest BCUT2D eigenvalue weighted by molar-refractivity contribution is 14.0. The quantitative estimate of drug-likeness (QED) is 0.290. The Hall–Kier alpha value is -1.56. The fraction of sp³-hybridized carbons (Fsp3) is 0.667. The first-order valence-electron chi connectivity index (χ1n) is 10.6. The third-order valence-corrected chi connectivity index (χ3v) is 5.36. The predicted octanol–water partition coefficient (Wildman–Crippen LogP) is 3.81. The fourth-order valence-corrected chi connectivity index (χ4v) is 3.77. The van der Waals surface area contributed by atoms with Crippen LogP contribution in [0.25, 0.3) is 0 Å². The molecule has 0 spiro atoms. The maximum atomic E-state index is 12.8. The van der Waals surface area contributed by atoms with E-state index in [0.29, 0.717) is 41.5 Å². The van der Waals surface area contributed by atoms with Gasteiger partial charge in [0, 0.05) is 37.3 Å². The second-order valence-corrected chi connectivity index (χ2v) is 7.86. The Morgan fingerprint density at radius 3 is 2.68 bits per heavy atom. The minimum atomic E-state index is -2.92. The Morgan fingerprint density at radius 2 is 2.00 bits per heavy atom. The van der Waals surface area contributed by atoms with Gasteiger partial charge in [-0.05, 0) is 52.1 Å². The lowest BCUT2D eigenvalue weighted by atomic mass is 9.97. The molecular formula is C21H33F2IN4O3. The van der Waals surface area contributed by atoms with E-state index in [2.05, 4.69) is 39.1 Å². The average Bonchev–Trinajstić information content (AvgIpc) is 3.17. The third kappa shape index (κ3) is 7.51. The van der Waals surface area contributed by atoms with Gasteiger partial charge in [0.2, 0.25) is 6.79 Å². The maximum absolute atomic E-state index is 12.8. The monoisotopic (exact) mass is 554 g/mol. The van der Waals surface area contributed by atoms with Gasteiger partial charge in [-0.15, -0.1) is 24.0 Å². The molecule has 10 heteroatoms. The van der Waals surface area contributed by atoms with Crippen LogP contribution in [-0.2, 0) is 6.54 Å². The third-order valence-electron chi connectivity index (χ3n) is 5.36. The molecule has 0 aromatic heterocycles. The number of halogens is 3. The molecule has 0 amide bonds. The zero-order valence-electron chi connectivity index (χ0n) is 18.3. The number of rotatable bonds is 8. The molecule has 2 aliphatic heterocycles. The molecule has 7 nitrogen and oxygen atoms in total. The summed E-state index contributed by atoms with van der Waals surface area (Å²) >= 11 is 0. The van der Waals surface area contributed by atoms with Crippen molar-refractivity contribution in [3.63, 3.8) is 0 Å². The van der Waals surface area contributed by atoms with Gasteiger partial charge in [0.25, 0.3) is 0 Å². The SMILES string of the molecule is CCNC(=NCc1cc2c(cc1OC(F)F)OCO2)NCC1CCCN(C(C)C)C1.I. The molecule has 0 aliphatic carbocycles. The van der Waals surface area contributed by atoms with Gasteiger partial charge in [0.1, 0.15) is 5.75 Å². The van der Waals surface area contributed by atoms with Gasteiger partial charge in [-0.2, -0.15) is 8.78 Å². The number of aliphatic imine (C=N–C) groups is 1. The van der Waals surface area contributed by atoms with Crippen LogP contribution in [0.3, 0.4) is 0 Å². The Morgan fingerprint density at radius 1 is 1.26 bits per heavy atom. The summed E-state index contributed by atoms with van der Waals surface area (Å²) in [6.07, 6.45) is 2.38. The lowest BCUT2D eigenvalue weighted by molar-refractivity contribution is -0.0505. The summed E-state index contributed by atoms with van der Waals surface area (Å²) < 4.78 is 40.9. The average molecular weight is 554 g/mol. The summed E-state index contributed by atoms with van der Waals surface area (Å²) in [5.41, 5.74) is 0.514. The number of hydrogen-bond acceptors (Lipinski definition) is 5. The lowest BCUT2D eigenvalue weighted by Crippen LogP contribution is -2.46. The number of piperidine rings is 1. The highest BCUT2D eigenvalue weighted by Crippen LogP contribution is 2.39. The van der Waals surface area contributed by atoms with Gasteiger partial charge in [0.05, 0.1) is 6.54 Å². The molecule has 0 radical (unpaired) electrons. The summed E-state index contributed by atoms with van der Waals surface area (Å²) in [5, 5.41) is 6.62. The molecule has 1 aromatic rings. The molecule has 1 saturated heterocycles. The summed E-state index contributed by atoms with van der Waals surface area (Å²) in [5.74, 6) is 2.16. The lowest BCUT2D eigenvalue weighted by Gasteiger charge is -2.35. The minimum absolute atomic E-state index is 0. The number of fused-ring (bicyclic) bond motifs is 1. The molecule has 0 saturated carbocycles. The van der Waals surface area contributed by atoms with Gasteiger partial charge in [0.15, 0.2) is 17.5 Å². The van der Waals surface area contributed by atoms with Crippen LogP contribution in [-0.4, -0.2) is 56.5 Å². The van der Waals surface area contributed by atoms with Crippen molar-refractivity contribution in [1.29, 1.82) is 0 Å². The maximum Gasteiger partial charge on any atom is 0.387 e. The molecule has 2 N–H and O–H groups in total. The number of nitrogens with one attached hydrogen (secondary N) is 2. The van der Waals surface area contributed by atoms with E-state index in [-0.39, 0.29) is 43.1 Å². The molecule has 1 atom stereocenters. The van der Waals surface area contributed by atoms with Gasteiger partial charge in [-0.1, -0.05) is 0 Å². The number of likely N-dealkylation sites (tertiary alicyclic amines) is 1. The van der Waals surface area contributed by atoms with Crippen LogP contribution >= 0.6 is 24.0 Å². The largest absolute Gasteiger partial charge is 0.454 e. The van der Waals surface area contributed by atoms with Gasteiger partial charge >= 0.3 is 6.61 Å². The molecular weight excluding hydrogens is 521 g/mol. The van der Waals surface area contributed by atoms with Gasteiger partial charge in [-0.25, -0.2) is 4.99 Å². The van der Waals surface area contributed by atoms with Crippen molar-refractivity contribution in [1.82, 2.24) is 15.5 Å². The van der Waals surface area contributed by atoms with E-state index in [1.807, 2.05) is 6.92 Å². The van der Waals surface area contributed by atoms with Crippen LogP contribution in [0.4, 0.5) is 8.78 Å². The Labute approximate surface area is 199 Å². The van der Waals surface area contributed by atoms with Crippen LogP contribution in [0.15, 0.2) is 17.1 Å². The van der Waals surface area contributed by atoms with Crippen LogP contribution in [0.5, 0.6) is 17.2 Å². The predicted molar refractivity (Wildman–Crippen MR) is 127 cm³/mol. The number of ether oxygens (including phenoxy) is 3. The fourth-order valence-electron chi connectivity index (χ4n) is 3.77. The van der Waals surface area contributed by atoms with Crippen molar-refractivity contribution in [2.45, 2.75) is 52.8 Å². The smallest absolute Gasteiger partial charge is 0.387 e. The second-order valence-electron chi connectivity index (χ2n) is 7.86. The highest BCUT2D eigenvalue weighted by atomic mass is 127. The summed E-state index contributed by atoms with van der Waals surface area (Å²) in [4.78, 5) is 7.08. The van der Waals surface area contributed by atoms with E-state index in [0.717, 1.165) is 19.6 Å². The van der Waals surface area contributed by atoms with Crippen LogP contribution in [0.2, 0.25) is 0 Å². The summed E-state index contributed by atoms with van der Waals surface area (Å²) in [7, 11) is 0.